The lowest BCUT2D eigenvalue weighted by Crippen LogP contribution is -2.07. The summed E-state index contributed by atoms with van der Waals surface area (Å²) < 4.78 is 55.3. The van der Waals surface area contributed by atoms with Gasteiger partial charge in [0.15, 0.2) is 6.79 Å². The molecule has 2 heterocycles. The third-order valence-corrected chi connectivity index (χ3v) is 4.39. The summed E-state index contributed by atoms with van der Waals surface area (Å²) in [6.45, 7) is -0.214. The van der Waals surface area contributed by atoms with Crippen LogP contribution in [0.15, 0.2) is 67.3 Å². The number of ether oxygens (including phenoxy) is 3. The van der Waals surface area contributed by atoms with Crippen LogP contribution in [0.3, 0.4) is 0 Å². The van der Waals surface area contributed by atoms with E-state index in [0.717, 1.165) is 22.9 Å². The molecule has 0 fully saturated rings. The molecular formula is C22H16F3N3O3. The minimum atomic E-state index is -4.51. The molecule has 0 saturated carbocycles. The average molecular weight is 427 g/mol. The maximum atomic E-state index is 13.1. The second kappa shape index (κ2) is 8.57. The summed E-state index contributed by atoms with van der Waals surface area (Å²) in [4.78, 5) is 12.3. The molecule has 0 radical (unpaired) electrons. The first-order chi connectivity index (χ1) is 14.9. The number of fused-ring (bicyclic) bond motifs is 1. The van der Waals surface area contributed by atoms with Gasteiger partial charge in [-0.05, 0) is 41.8 Å². The maximum absolute atomic E-state index is 13.1. The van der Waals surface area contributed by atoms with Gasteiger partial charge in [0, 0.05) is 36.5 Å². The third kappa shape index (κ3) is 4.72. The first-order valence-corrected chi connectivity index (χ1v) is 9.11. The minimum absolute atomic E-state index is 0.0156. The normalized spacial score (nSPS) is 11.5. The van der Waals surface area contributed by atoms with E-state index in [1.807, 2.05) is 18.2 Å². The number of hydrogen-bond acceptors (Lipinski definition) is 6. The smallest absolute Gasteiger partial charge is 0.416 e. The Morgan fingerprint density at radius 2 is 1.81 bits per heavy atom. The molecule has 0 saturated heterocycles. The number of halogens is 3. The van der Waals surface area contributed by atoms with Gasteiger partial charge in [-0.3, -0.25) is 4.98 Å². The molecule has 0 atom stereocenters. The van der Waals surface area contributed by atoms with Crippen LogP contribution < -0.4 is 9.47 Å². The summed E-state index contributed by atoms with van der Waals surface area (Å²) in [5.41, 5.74) is -0.148. The van der Waals surface area contributed by atoms with Crippen molar-refractivity contribution in [3.8, 4) is 28.6 Å². The molecule has 0 N–H and O–H groups in total. The van der Waals surface area contributed by atoms with Gasteiger partial charge in [-0.1, -0.05) is 6.07 Å². The molecule has 2 aromatic heterocycles. The summed E-state index contributed by atoms with van der Waals surface area (Å²) in [5.74, 6) is 0.748. The molecule has 0 aliphatic carbocycles. The van der Waals surface area contributed by atoms with Crippen molar-refractivity contribution in [1.29, 1.82) is 0 Å². The van der Waals surface area contributed by atoms with E-state index in [2.05, 4.69) is 15.0 Å². The van der Waals surface area contributed by atoms with Crippen molar-refractivity contribution in [2.24, 2.45) is 0 Å². The number of hydrogen-bond donors (Lipinski definition) is 0. The molecule has 158 valence electrons. The van der Waals surface area contributed by atoms with Crippen molar-refractivity contribution in [3.63, 3.8) is 0 Å². The molecule has 4 rings (SSSR count). The fourth-order valence-electron chi connectivity index (χ4n) is 2.94. The highest BCUT2D eigenvalue weighted by Gasteiger charge is 2.31. The average Bonchev–Trinajstić information content (AvgIpc) is 2.77. The van der Waals surface area contributed by atoms with Crippen LogP contribution in [0.2, 0.25) is 0 Å². The third-order valence-electron chi connectivity index (χ3n) is 4.39. The number of methoxy groups -OCH3 is 1. The van der Waals surface area contributed by atoms with Crippen molar-refractivity contribution >= 4 is 10.8 Å². The van der Waals surface area contributed by atoms with Crippen LogP contribution in [-0.4, -0.2) is 28.9 Å². The van der Waals surface area contributed by atoms with E-state index >= 15 is 0 Å². The summed E-state index contributed by atoms with van der Waals surface area (Å²) in [6.07, 6.45) is 0.182. The maximum Gasteiger partial charge on any atom is 0.416 e. The van der Waals surface area contributed by atoms with Gasteiger partial charge < -0.3 is 14.2 Å². The van der Waals surface area contributed by atoms with E-state index in [-0.39, 0.29) is 18.4 Å². The van der Waals surface area contributed by atoms with Crippen LogP contribution in [0.5, 0.6) is 17.4 Å². The highest BCUT2D eigenvalue weighted by atomic mass is 19.4. The lowest BCUT2D eigenvalue weighted by atomic mass is 10.1. The number of aromatic nitrogens is 3. The molecule has 0 spiro atoms. The van der Waals surface area contributed by atoms with Crippen LogP contribution in [0, 0.1) is 0 Å². The van der Waals surface area contributed by atoms with E-state index in [1.165, 1.54) is 25.6 Å². The summed E-state index contributed by atoms with van der Waals surface area (Å²) in [5, 5.41) is 1.91. The second-order valence-corrected chi connectivity index (χ2v) is 6.49. The highest BCUT2D eigenvalue weighted by molar-refractivity contribution is 5.82. The molecule has 6 nitrogen and oxygen atoms in total. The van der Waals surface area contributed by atoms with Crippen LogP contribution in [-0.2, 0) is 10.9 Å². The van der Waals surface area contributed by atoms with Crippen molar-refractivity contribution in [1.82, 2.24) is 15.0 Å². The van der Waals surface area contributed by atoms with E-state index < -0.39 is 11.7 Å². The standard InChI is InChI=1S/C22H16F3N3O3/c1-29-13-30-20-9-16(22(23,24)25)3-5-18(20)19-10-21(28-12-27-19)31-17-4-2-14-6-7-26-11-15(14)8-17/h2-12H,13H2,1H3. The van der Waals surface area contributed by atoms with Crippen LogP contribution in [0.25, 0.3) is 22.0 Å². The van der Waals surface area contributed by atoms with Crippen LogP contribution in [0.1, 0.15) is 5.56 Å². The van der Waals surface area contributed by atoms with Crippen LogP contribution in [0.4, 0.5) is 13.2 Å². The number of pyridine rings is 1. The molecule has 0 amide bonds. The van der Waals surface area contributed by atoms with Gasteiger partial charge in [0.2, 0.25) is 5.88 Å². The molecule has 0 aliphatic rings. The van der Waals surface area contributed by atoms with Gasteiger partial charge in [-0.2, -0.15) is 13.2 Å². The van der Waals surface area contributed by atoms with Gasteiger partial charge >= 0.3 is 6.18 Å². The molecular weight excluding hydrogens is 411 g/mol. The van der Waals surface area contributed by atoms with E-state index in [0.29, 0.717) is 17.0 Å². The minimum Gasteiger partial charge on any atom is -0.467 e. The zero-order chi connectivity index (χ0) is 21.8. The molecule has 4 aromatic rings. The largest absolute Gasteiger partial charge is 0.467 e. The molecule has 0 unspecified atom stereocenters. The Morgan fingerprint density at radius 1 is 0.935 bits per heavy atom. The monoisotopic (exact) mass is 427 g/mol. The van der Waals surface area contributed by atoms with Gasteiger partial charge in [0.05, 0.1) is 11.3 Å². The quantitative estimate of drug-likeness (QED) is 0.380. The van der Waals surface area contributed by atoms with Gasteiger partial charge in [-0.25, -0.2) is 9.97 Å². The van der Waals surface area contributed by atoms with Crippen molar-refractivity contribution in [2.45, 2.75) is 6.18 Å². The first kappa shape index (κ1) is 20.5. The van der Waals surface area contributed by atoms with Crippen molar-refractivity contribution in [3.05, 3.63) is 72.8 Å². The Bertz CT molecular complexity index is 1220. The summed E-state index contributed by atoms with van der Waals surface area (Å²) in [7, 11) is 1.38. The number of alkyl halides is 3. The Kier molecular flexibility index (Phi) is 5.68. The summed E-state index contributed by atoms with van der Waals surface area (Å²) >= 11 is 0. The molecule has 0 bridgehead atoms. The molecule has 2 aromatic carbocycles. The fourth-order valence-corrected chi connectivity index (χ4v) is 2.94. The number of rotatable bonds is 6. The van der Waals surface area contributed by atoms with Crippen molar-refractivity contribution in [2.75, 3.05) is 13.9 Å². The number of benzene rings is 2. The second-order valence-electron chi connectivity index (χ2n) is 6.49. The Labute approximate surface area is 175 Å². The Hall–Kier alpha value is -3.72. The molecule has 31 heavy (non-hydrogen) atoms. The van der Waals surface area contributed by atoms with Gasteiger partial charge in [0.25, 0.3) is 0 Å². The predicted molar refractivity (Wildman–Crippen MR) is 107 cm³/mol. The predicted octanol–water partition coefficient (Wildman–Crippen LogP) is 5.49. The topological polar surface area (TPSA) is 66.4 Å². The summed E-state index contributed by atoms with van der Waals surface area (Å²) in [6, 6.07) is 12.1. The Morgan fingerprint density at radius 3 is 2.61 bits per heavy atom. The van der Waals surface area contributed by atoms with E-state index in [9.17, 15) is 13.2 Å². The highest BCUT2D eigenvalue weighted by Crippen LogP contribution is 2.37. The lowest BCUT2D eigenvalue weighted by Gasteiger charge is -2.14. The first-order valence-electron chi connectivity index (χ1n) is 9.11. The molecule has 0 aliphatic heterocycles. The number of nitrogens with zero attached hydrogens (tertiary/aromatic N) is 3. The fraction of sp³-hybridized carbons (Fsp3) is 0.136. The van der Waals surface area contributed by atoms with Gasteiger partial charge in [-0.15, -0.1) is 0 Å². The SMILES string of the molecule is COCOc1cc(C(F)(F)F)ccc1-c1cc(Oc2ccc3ccncc3c2)ncn1. The van der Waals surface area contributed by atoms with E-state index in [1.54, 1.807) is 18.5 Å². The zero-order valence-corrected chi connectivity index (χ0v) is 16.3. The molecule has 9 heteroatoms. The van der Waals surface area contributed by atoms with Gasteiger partial charge in [0.1, 0.15) is 17.8 Å². The lowest BCUT2D eigenvalue weighted by molar-refractivity contribution is -0.137. The van der Waals surface area contributed by atoms with E-state index in [4.69, 9.17) is 14.2 Å². The Balaban J connectivity index is 1.66. The van der Waals surface area contributed by atoms with Crippen LogP contribution >= 0.6 is 0 Å². The zero-order valence-electron chi connectivity index (χ0n) is 16.3. The van der Waals surface area contributed by atoms with Crippen molar-refractivity contribution < 1.29 is 27.4 Å².